The van der Waals surface area contributed by atoms with E-state index in [0.29, 0.717) is 19.1 Å². The van der Waals surface area contributed by atoms with E-state index in [0.717, 1.165) is 25.1 Å². The normalized spacial score (nSPS) is 11.9. The first-order valence-corrected chi connectivity index (χ1v) is 7.02. The van der Waals surface area contributed by atoms with Crippen LogP contribution in [0.4, 0.5) is 0 Å². The van der Waals surface area contributed by atoms with Crippen molar-refractivity contribution in [3.8, 4) is 11.8 Å². The minimum absolute atomic E-state index is 0.369. The SMILES string of the molecule is CCNC(C)c1ccc(OCCCCC#N)c(C)c1. The van der Waals surface area contributed by atoms with Crippen LogP contribution in [-0.2, 0) is 0 Å². The summed E-state index contributed by atoms with van der Waals surface area (Å²) in [5.74, 6) is 0.949. The predicted molar refractivity (Wildman–Crippen MR) is 78.2 cm³/mol. The van der Waals surface area contributed by atoms with Crippen molar-refractivity contribution >= 4 is 0 Å². The van der Waals surface area contributed by atoms with Crippen LogP contribution in [-0.4, -0.2) is 13.2 Å². The van der Waals surface area contributed by atoms with Crippen LogP contribution < -0.4 is 10.1 Å². The Hall–Kier alpha value is -1.53. The molecule has 0 heterocycles. The Balaban J connectivity index is 2.50. The van der Waals surface area contributed by atoms with E-state index in [1.54, 1.807) is 0 Å². The molecule has 1 unspecified atom stereocenters. The van der Waals surface area contributed by atoms with Crippen LogP contribution in [0.2, 0.25) is 0 Å². The van der Waals surface area contributed by atoms with Crippen LogP contribution in [0.3, 0.4) is 0 Å². The zero-order chi connectivity index (χ0) is 14.1. The molecule has 0 aliphatic rings. The monoisotopic (exact) mass is 260 g/mol. The number of rotatable bonds is 8. The van der Waals surface area contributed by atoms with Gasteiger partial charge in [-0.1, -0.05) is 19.1 Å². The zero-order valence-corrected chi connectivity index (χ0v) is 12.2. The molecule has 0 aromatic heterocycles. The molecular weight excluding hydrogens is 236 g/mol. The fourth-order valence-electron chi connectivity index (χ4n) is 2.02. The summed E-state index contributed by atoms with van der Waals surface area (Å²) in [5, 5.41) is 11.9. The molecule has 0 fully saturated rings. The number of aryl methyl sites for hydroxylation is 1. The Morgan fingerprint density at radius 2 is 2.16 bits per heavy atom. The van der Waals surface area contributed by atoms with E-state index in [1.807, 2.05) is 6.07 Å². The quantitative estimate of drug-likeness (QED) is 0.724. The lowest BCUT2D eigenvalue weighted by Crippen LogP contribution is -2.17. The van der Waals surface area contributed by atoms with Gasteiger partial charge in [0.25, 0.3) is 0 Å². The van der Waals surface area contributed by atoms with Gasteiger partial charge in [-0.3, -0.25) is 0 Å². The van der Waals surface area contributed by atoms with Crippen molar-refractivity contribution in [3.05, 3.63) is 29.3 Å². The lowest BCUT2D eigenvalue weighted by molar-refractivity contribution is 0.305. The first-order valence-electron chi connectivity index (χ1n) is 7.02. The fourth-order valence-corrected chi connectivity index (χ4v) is 2.02. The van der Waals surface area contributed by atoms with Gasteiger partial charge in [0.05, 0.1) is 12.7 Å². The van der Waals surface area contributed by atoms with Crippen molar-refractivity contribution < 1.29 is 4.74 Å². The molecule has 0 aliphatic heterocycles. The molecular formula is C16H24N2O. The van der Waals surface area contributed by atoms with Crippen molar-refractivity contribution in [2.75, 3.05) is 13.2 Å². The highest BCUT2D eigenvalue weighted by Crippen LogP contribution is 2.23. The van der Waals surface area contributed by atoms with Crippen molar-refractivity contribution in [1.29, 1.82) is 5.26 Å². The second-order valence-corrected chi connectivity index (χ2v) is 4.77. The first-order chi connectivity index (χ1) is 9.19. The molecule has 19 heavy (non-hydrogen) atoms. The molecule has 0 radical (unpaired) electrons. The predicted octanol–water partition coefficient (Wildman–Crippen LogP) is 3.74. The molecule has 1 rings (SSSR count). The fraction of sp³-hybridized carbons (Fsp3) is 0.562. The maximum atomic E-state index is 8.46. The molecule has 3 nitrogen and oxygen atoms in total. The zero-order valence-electron chi connectivity index (χ0n) is 12.2. The summed E-state index contributed by atoms with van der Waals surface area (Å²) in [6.45, 7) is 8.01. The minimum atomic E-state index is 0.369. The average Bonchev–Trinajstić information content (AvgIpc) is 2.40. The van der Waals surface area contributed by atoms with Crippen LogP contribution in [0.25, 0.3) is 0 Å². The molecule has 1 aromatic rings. The highest BCUT2D eigenvalue weighted by atomic mass is 16.5. The number of hydrogen-bond donors (Lipinski definition) is 1. The molecule has 0 bridgehead atoms. The second kappa shape index (κ2) is 8.55. The van der Waals surface area contributed by atoms with Crippen molar-refractivity contribution in [3.63, 3.8) is 0 Å². The Labute approximate surface area is 116 Å². The number of unbranched alkanes of at least 4 members (excludes halogenated alkanes) is 2. The lowest BCUT2D eigenvalue weighted by Gasteiger charge is -2.15. The lowest BCUT2D eigenvalue weighted by atomic mass is 10.1. The molecule has 0 aliphatic carbocycles. The topological polar surface area (TPSA) is 45.0 Å². The van der Waals surface area contributed by atoms with Gasteiger partial charge in [-0.2, -0.15) is 5.26 Å². The molecule has 0 saturated carbocycles. The highest BCUT2D eigenvalue weighted by molar-refractivity contribution is 5.37. The van der Waals surface area contributed by atoms with E-state index < -0.39 is 0 Å². The van der Waals surface area contributed by atoms with E-state index in [1.165, 1.54) is 11.1 Å². The molecule has 3 heteroatoms. The number of hydrogen-bond acceptors (Lipinski definition) is 3. The van der Waals surface area contributed by atoms with Gasteiger partial charge in [-0.25, -0.2) is 0 Å². The standard InChI is InChI=1S/C16H24N2O/c1-4-18-14(3)15-8-9-16(13(2)12-15)19-11-7-5-6-10-17/h8-9,12,14,18H,4-7,11H2,1-3H3. The largest absolute Gasteiger partial charge is 0.493 e. The van der Waals surface area contributed by atoms with Gasteiger partial charge in [0.1, 0.15) is 5.75 Å². The van der Waals surface area contributed by atoms with E-state index in [2.05, 4.69) is 44.3 Å². The number of benzene rings is 1. The third-order valence-electron chi connectivity index (χ3n) is 3.15. The Kier molecular flexibility index (Phi) is 6.99. The maximum Gasteiger partial charge on any atom is 0.122 e. The smallest absolute Gasteiger partial charge is 0.122 e. The molecule has 1 N–H and O–H groups in total. The molecule has 0 spiro atoms. The van der Waals surface area contributed by atoms with Crippen molar-refractivity contribution in [1.82, 2.24) is 5.32 Å². The van der Waals surface area contributed by atoms with E-state index in [9.17, 15) is 0 Å². The first kappa shape index (κ1) is 15.5. The number of nitrogens with zero attached hydrogens (tertiary/aromatic N) is 1. The van der Waals surface area contributed by atoms with Gasteiger partial charge in [-0.15, -0.1) is 0 Å². The molecule has 0 amide bonds. The van der Waals surface area contributed by atoms with Crippen LogP contribution in [0.15, 0.2) is 18.2 Å². The Morgan fingerprint density at radius 1 is 1.37 bits per heavy atom. The summed E-state index contributed by atoms with van der Waals surface area (Å²) < 4.78 is 5.75. The van der Waals surface area contributed by atoms with Crippen molar-refractivity contribution in [2.24, 2.45) is 0 Å². The van der Waals surface area contributed by atoms with E-state index >= 15 is 0 Å². The molecule has 1 aromatic carbocycles. The summed E-state index contributed by atoms with van der Waals surface area (Å²) in [7, 11) is 0. The van der Waals surface area contributed by atoms with Gasteiger partial charge in [0, 0.05) is 12.5 Å². The molecule has 104 valence electrons. The summed E-state index contributed by atoms with van der Waals surface area (Å²) in [5.41, 5.74) is 2.46. The third kappa shape index (κ3) is 5.32. The van der Waals surface area contributed by atoms with Gasteiger partial charge < -0.3 is 10.1 Å². The number of nitriles is 1. The van der Waals surface area contributed by atoms with Gasteiger partial charge in [-0.05, 0) is 50.4 Å². The third-order valence-corrected chi connectivity index (χ3v) is 3.15. The average molecular weight is 260 g/mol. The highest BCUT2D eigenvalue weighted by Gasteiger charge is 2.06. The Bertz CT molecular complexity index is 423. The van der Waals surface area contributed by atoms with Crippen LogP contribution >= 0.6 is 0 Å². The minimum Gasteiger partial charge on any atom is -0.493 e. The summed E-state index contributed by atoms with van der Waals surface area (Å²) in [6, 6.07) is 8.85. The summed E-state index contributed by atoms with van der Waals surface area (Å²) in [6.07, 6.45) is 2.45. The van der Waals surface area contributed by atoms with Gasteiger partial charge in [0.15, 0.2) is 0 Å². The van der Waals surface area contributed by atoms with E-state index in [-0.39, 0.29) is 0 Å². The number of nitrogens with one attached hydrogen (secondary N) is 1. The van der Waals surface area contributed by atoms with Gasteiger partial charge >= 0.3 is 0 Å². The molecule has 1 atom stereocenters. The van der Waals surface area contributed by atoms with Crippen molar-refractivity contribution in [2.45, 2.75) is 46.1 Å². The molecule has 0 saturated heterocycles. The number of ether oxygens (including phenoxy) is 1. The van der Waals surface area contributed by atoms with Crippen LogP contribution in [0.1, 0.15) is 50.3 Å². The van der Waals surface area contributed by atoms with E-state index in [4.69, 9.17) is 10.00 Å². The van der Waals surface area contributed by atoms with Gasteiger partial charge in [0.2, 0.25) is 0 Å². The van der Waals surface area contributed by atoms with Crippen LogP contribution in [0.5, 0.6) is 5.75 Å². The maximum absolute atomic E-state index is 8.46. The summed E-state index contributed by atoms with van der Waals surface area (Å²) in [4.78, 5) is 0. The Morgan fingerprint density at radius 3 is 2.79 bits per heavy atom. The van der Waals surface area contributed by atoms with Crippen LogP contribution in [0, 0.1) is 18.3 Å². The summed E-state index contributed by atoms with van der Waals surface area (Å²) >= 11 is 0. The second-order valence-electron chi connectivity index (χ2n) is 4.77.